The van der Waals surface area contributed by atoms with E-state index in [9.17, 15) is 18.4 Å². The molecule has 0 saturated heterocycles. The van der Waals surface area contributed by atoms with Crippen LogP contribution in [0.4, 0.5) is 8.78 Å². The van der Waals surface area contributed by atoms with Crippen molar-refractivity contribution < 1.29 is 23.1 Å². The molecule has 33 heavy (non-hydrogen) atoms. The Balaban J connectivity index is 1.96. The Morgan fingerprint density at radius 3 is 2.64 bits per heavy atom. The lowest BCUT2D eigenvalue weighted by atomic mass is 9.83. The van der Waals surface area contributed by atoms with Crippen LogP contribution in [-0.4, -0.2) is 53.1 Å². The van der Waals surface area contributed by atoms with E-state index in [0.717, 1.165) is 0 Å². The van der Waals surface area contributed by atoms with Crippen molar-refractivity contribution in [2.45, 2.75) is 12.1 Å². The van der Waals surface area contributed by atoms with E-state index in [1.165, 1.54) is 42.1 Å². The van der Waals surface area contributed by atoms with Gasteiger partial charge in [0.05, 0.1) is 13.7 Å². The number of guanidine groups is 1. The Labute approximate surface area is 188 Å². The molecule has 8 nitrogen and oxygen atoms in total. The van der Waals surface area contributed by atoms with Crippen LogP contribution in [0.2, 0.25) is 0 Å². The standard InChI is InChI=1S/C23H21F2N5O3/c1-29-21(32)23(28-22(29)26,16-12-18(20(31)33-2)30(13-16)10-8-24)15-6-3-5-14(11-15)17-7-4-9-27-19(17)25/h3-7,9,11-13H,8,10H2,1-2H3,(H2,26,28)/t23-/m1/s1. The maximum atomic E-state index is 14.3. The Hall–Kier alpha value is -4.08. The normalized spacial score (nSPS) is 17.9. The SMILES string of the molecule is COC(=O)c1cc([C@@]2(c3cccc(-c4cccnc4F)c3)N=C(N)N(C)C2=O)cn1CCF. The molecule has 1 aliphatic heterocycles. The van der Waals surface area contributed by atoms with E-state index in [2.05, 4.69) is 9.98 Å². The Kier molecular flexibility index (Phi) is 5.67. The van der Waals surface area contributed by atoms with Crippen LogP contribution in [0.25, 0.3) is 11.1 Å². The largest absolute Gasteiger partial charge is 0.464 e. The average Bonchev–Trinajstić information content (AvgIpc) is 3.34. The minimum Gasteiger partial charge on any atom is -0.464 e. The molecule has 3 heterocycles. The number of carbonyl (C=O) groups is 2. The van der Waals surface area contributed by atoms with Gasteiger partial charge in [0, 0.05) is 30.6 Å². The lowest BCUT2D eigenvalue weighted by molar-refractivity contribution is -0.129. The van der Waals surface area contributed by atoms with Gasteiger partial charge in [-0.15, -0.1) is 0 Å². The van der Waals surface area contributed by atoms with Crippen molar-refractivity contribution >= 4 is 17.8 Å². The number of hydrogen-bond acceptors (Lipinski definition) is 6. The quantitative estimate of drug-likeness (QED) is 0.456. The summed E-state index contributed by atoms with van der Waals surface area (Å²) in [7, 11) is 2.69. The van der Waals surface area contributed by atoms with Crippen LogP contribution in [-0.2, 0) is 21.6 Å². The molecule has 0 spiro atoms. The highest BCUT2D eigenvalue weighted by Crippen LogP contribution is 2.41. The van der Waals surface area contributed by atoms with Crippen LogP contribution in [0.3, 0.4) is 0 Å². The molecule has 10 heteroatoms. The van der Waals surface area contributed by atoms with Crippen molar-refractivity contribution in [3.05, 3.63) is 77.6 Å². The molecule has 2 N–H and O–H groups in total. The fraction of sp³-hybridized carbons (Fsp3) is 0.217. The topological polar surface area (TPSA) is 103 Å². The summed E-state index contributed by atoms with van der Waals surface area (Å²) in [6.45, 7) is -0.856. The summed E-state index contributed by atoms with van der Waals surface area (Å²) >= 11 is 0. The number of methoxy groups -OCH3 is 1. The zero-order valence-electron chi connectivity index (χ0n) is 18.0. The first-order valence-electron chi connectivity index (χ1n) is 10.0. The summed E-state index contributed by atoms with van der Waals surface area (Å²) in [6, 6.07) is 11.2. The number of nitrogens with zero attached hydrogens (tertiary/aromatic N) is 4. The van der Waals surface area contributed by atoms with Crippen molar-refractivity contribution in [1.29, 1.82) is 0 Å². The van der Waals surface area contributed by atoms with E-state index < -0.39 is 30.0 Å². The molecule has 1 aromatic carbocycles. The van der Waals surface area contributed by atoms with Gasteiger partial charge in [-0.1, -0.05) is 18.2 Å². The van der Waals surface area contributed by atoms with Crippen molar-refractivity contribution in [2.24, 2.45) is 10.7 Å². The molecule has 2 aromatic heterocycles. The van der Waals surface area contributed by atoms with Gasteiger partial charge in [-0.25, -0.2) is 19.2 Å². The van der Waals surface area contributed by atoms with Gasteiger partial charge < -0.3 is 15.0 Å². The summed E-state index contributed by atoms with van der Waals surface area (Å²) in [4.78, 5) is 35.2. The second-order valence-corrected chi connectivity index (χ2v) is 7.46. The van der Waals surface area contributed by atoms with Gasteiger partial charge in [-0.05, 0) is 35.4 Å². The summed E-state index contributed by atoms with van der Waals surface area (Å²) in [5, 5.41) is 0. The molecule has 1 atom stereocenters. The Morgan fingerprint density at radius 2 is 2.00 bits per heavy atom. The van der Waals surface area contributed by atoms with E-state index in [-0.39, 0.29) is 23.8 Å². The molecule has 0 bridgehead atoms. The molecule has 0 fully saturated rings. The van der Waals surface area contributed by atoms with Gasteiger partial charge in [-0.2, -0.15) is 4.39 Å². The number of carbonyl (C=O) groups excluding carboxylic acids is 2. The number of pyridine rings is 1. The number of amides is 1. The number of benzene rings is 1. The number of rotatable bonds is 6. The fourth-order valence-electron chi connectivity index (χ4n) is 3.96. The molecule has 4 rings (SSSR count). The number of ether oxygens (including phenoxy) is 1. The number of aliphatic imine (C=N–C) groups is 1. The predicted octanol–water partition coefficient (Wildman–Crippen LogP) is 2.48. The zero-order valence-corrected chi connectivity index (χ0v) is 18.0. The summed E-state index contributed by atoms with van der Waals surface area (Å²) < 4.78 is 33.7. The summed E-state index contributed by atoms with van der Waals surface area (Å²) in [5.41, 5.74) is 5.84. The van der Waals surface area contributed by atoms with E-state index in [4.69, 9.17) is 10.5 Å². The number of likely N-dealkylation sites (N-methyl/N-ethyl adjacent to an activating group) is 1. The van der Waals surface area contributed by atoms with Crippen LogP contribution in [0.5, 0.6) is 0 Å². The third-order valence-electron chi connectivity index (χ3n) is 5.62. The Morgan fingerprint density at radius 1 is 1.21 bits per heavy atom. The monoisotopic (exact) mass is 453 g/mol. The third-order valence-corrected chi connectivity index (χ3v) is 5.62. The zero-order chi connectivity index (χ0) is 23.8. The van der Waals surface area contributed by atoms with Crippen molar-refractivity contribution in [1.82, 2.24) is 14.5 Å². The van der Waals surface area contributed by atoms with Crippen molar-refractivity contribution in [2.75, 3.05) is 20.8 Å². The molecule has 0 saturated carbocycles. The van der Waals surface area contributed by atoms with E-state index >= 15 is 0 Å². The maximum absolute atomic E-state index is 14.3. The number of aromatic nitrogens is 2. The van der Waals surface area contributed by atoms with Gasteiger partial charge in [0.2, 0.25) is 5.95 Å². The number of aryl methyl sites for hydroxylation is 1. The maximum Gasteiger partial charge on any atom is 0.354 e. The molecule has 1 amide bonds. The summed E-state index contributed by atoms with van der Waals surface area (Å²) in [6.07, 6.45) is 2.82. The van der Waals surface area contributed by atoms with Crippen LogP contribution >= 0.6 is 0 Å². The highest BCUT2D eigenvalue weighted by atomic mass is 19.1. The molecule has 0 radical (unpaired) electrons. The van der Waals surface area contributed by atoms with Gasteiger partial charge in [0.15, 0.2) is 11.5 Å². The Bertz CT molecular complexity index is 1270. The molecule has 1 aliphatic rings. The van der Waals surface area contributed by atoms with Crippen LogP contribution in [0.1, 0.15) is 21.6 Å². The first kappa shape index (κ1) is 22.1. The van der Waals surface area contributed by atoms with Crippen LogP contribution < -0.4 is 5.73 Å². The molecule has 0 aliphatic carbocycles. The smallest absolute Gasteiger partial charge is 0.354 e. The highest BCUT2D eigenvalue weighted by molar-refractivity contribution is 6.09. The van der Waals surface area contributed by atoms with Crippen LogP contribution in [0.15, 0.2) is 59.9 Å². The summed E-state index contributed by atoms with van der Waals surface area (Å²) in [5.74, 6) is -1.86. The lowest BCUT2D eigenvalue weighted by Gasteiger charge is -2.25. The van der Waals surface area contributed by atoms with Crippen LogP contribution in [0, 0.1) is 5.95 Å². The number of halogens is 2. The second kappa shape index (κ2) is 8.45. The number of nitrogens with two attached hydrogens (primary N) is 1. The molecule has 3 aromatic rings. The highest BCUT2D eigenvalue weighted by Gasteiger charge is 2.50. The minimum absolute atomic E-state index is 0.0316. The van der Waals surface area contributed by atoms with Crippen molar-refractivity contribution in [3.8, 4) is 11.1 Å². The first-order chi connectivity index (χ1) is 15.8. The van der Waals surface area contributed by atoms with Gasteiger partial charge in [0.1, 0.15) is 12.4 Å². The fourth-order valence-corrected chi connectivity index (χ4v) is 3.96. The molecule has 0 unspecified atom stereocenters. The number of hydrogen-bond donors (Lipinski definition) is 1. The lowest BCUT2D eigenvalue weighted by Crippen LogP contribution is -2.41. The predicted molar refractivity (Wildman–Crippen MR) is 117 cm³/mol. The van der Waals surface area contributed by atoms with Gasteiger partial charge >= 0.3 is 5.97 Å². The first-order valence-corrected chi connectivity index (χ1v) is 10.0. The van der Waals surface area contributed by atoms with E-state index in [0.29, 0.717) is 16.7 Å². The van der Waals surface area contributed by atoms with E-state index in [1.807, 2.05) is 0 Å². The second-order valence-electron chi connectivity index (χ2n) is 7.46. The van der Waals surface area contributed by atoms with Gasteiger partial charge in [-0.3, -0.25) is 9.69 Å². The van der Waals surface area contributed by atoms with E-state index in [1.54, 1.807) is 36.4 Å². The number of alkyl halides is 1. The average molecular weight is 453 g/mol. The van der Waals surface area contributed by atoms with Crippen molar-refractivity contribution in [3.63, 3.8) is 0 Å². The molecule has 170 valence electrons. The molecular weight excluding hydrogens is 432 g/mol. The number of esters is 1. The third kappa shape index (κ3) is 3.53. The molecular formula is C23H21F2N5O3. The minimum atomic E-state index is -1.65. The van der Waals surface area contributed by atoms with Gasteiger partial charge in [0.25, 0.3) is 5.91 Å².